The van der Waals surface area contributed by atoms with Crippen molar-refractivity contribution in [3.63, 3.8) is 0 Å². The molecule has 124 valence electrons. The van der Waals surface area contributed by atoms with Gasteiger partial charge in [-0.1, -0.05) is 41.5 Å². The fourth-order valence-electron chi connectivity index (χ4n) is 5.26. The summed E-state index contributed by atoms with van der Waals surface area (Å²) in [5.41, 5.74) is 7.39. The molecule has 0 aromatic carbocycles. The van der Waals surface area contributed by atoms with Crippen LogP contribution in [0.1, 0.15) is 67.2 Å². The molecule has 21 heavy (non-hydrogen) atoms. The van der Waals surface area contributed by atoms with Crippen LogP contribution in [0.25, 0.3) is 0 Å². The maximum absolute atomic E-state index is 6.38. The highest BCUT2D eigenvalue weighted by molar-refractivity contribution is 8.00. The van der Waals surface area contributed by atoms with Crippen LogP contribution in [-0.4, -0.2) is 40.6 Å². The monoisotopic (exact) mass is 312 g/mol. The Morgan fingerprint density at radius 3 is 2.00 bits per heavy atom. The van der Waals surface area contributed by atoms with Gasteiger partial charge in [0.15, 0.2) is 0 Å². The van der Waals surface area contributed by atoms with E-state index in [-0.39, 0.29) is 5.54 Å². The number of nitrogens with two attached hydrogens (primary N) is 1. The number of hydrogen-bond donors (Lipinski definition) is 1. The number of rotatable bonds is 2. The van der Waals surface area contributed by atoms with E-state index in [1.807, 2.05) is 0 Å². The number of hydrogen-bond acceptors (Lipinski definition) is 3. The quantitative estimate of drug-likeness (QED) is 0.831. The Bertz CT molecular complexity index is 357. The molecule has 1 saturated heterocycles. The molecule has 0 spiro atoms. The fourth-order valence-corrected chi connectivity index (χ4v) is 6.36. The predicted octanol–water partition coefficient (Wildman–Crippen LogP) is 4.14. The van der Waals surface area contributed by atoms with E-state index in [0.717, 1.165) is 6.54 Å². The van der Waals surface area contributed by atoms with Gasteiger partial charge in [-0.15, -0.1) is 0 Å². The summed E-state index contributed by atoms with van der Waals surface area (Å²) < 4.78 is 0.421. The van der Waals surface area contributed by atoms with Crippen LogP contribution in [0.3, 0.4) is 0 Å². The molecule has 2 aliphatic rings. The molecule has 0 aromatic heterocycles. The minimum absolute atomic E-state index is 0.215. The lowest BCUT2D eigenvalue weighted by Crippen LogP contribution is -2.61. The second-order valence-corrected chi connectivity index (χ2v) is 11.4. The third-order valence-electron chi connectivity index (χ3n) is 5.46. The largest absolute Gasteiger partial charge is 0.329 e. The molecule has 0 bridgehead atoms. The van der Waals surface area contributed by atoms with Gasteiger partial charge in [-0.25, -0.2) is 0 Å². The van der Waals surface area contributed by atoms with Crippen molar-refractivity contribution in [2.75, 3.05) is 25.4 Å². The molecule has 2 fully saturated rings. The average molecular weight is 313 g/mol. The van der Waals surface area contributed by atoms with Gasteiger partial charge < -0.3 is 5.73 Å². The lowest BCUT2D eigenvalue weighted by Gasteiger charge is -2.56. The van der Waals surface area contributed by atoms with E-state index in [9.17, 15) is 0 Å². The highest BCUT2D eigenvalue weighted by Crippen LogP contribution is 2.52. The Morgan fingerprint density at radius 1 is 0.905 bits per heavy atom. The van der Waals surface area contributed by atoms with Crippen LogP contribution in [0, 0.1) is 10.8 Å². The van der Waals surface area contributed by atoms with Crippen LogP contribution in [0.2, 0.25) is 0 Å². The van der Waals surface area contributed by atoms with Gasteiger partial charge in [0.25, 0.3) is 0 Å². The lowest BCUT2D eigenvalue weighted by atomic mass is 9.58. The smallest absolute Gasteiger partial charge is 0.0342 e. The Balaban J connectivity index is 2.24. The van der Waals surface area contributed by atoms with E-state index in [0.29, 0.717) is 15.6 Å². The summed E-state index contributed by atoms with van der Waals surface area (Å²) in [6.45, 7) is 17.8. The van der Waals surface area contributed by atoms with E-state index < -0.39 is 0 Å². The van der Waals surface area contributed by atoms with Crippen molar-refractivity contribution in [2.24, 2.45) is 16.6 Å². The zero-order valence-corrected chi connectivity index (χ0v) is 15.9. The summed E-state index contributed by atoms with van der Waals surface area (Å²) in [5, 5.41) is 0. The van der Waals surface area contributed by atoms with Gasteiger partial charge in [-0.3, -0.25) is 4.90 Å². The molecular formula is C18H36N2S. The van der Waals surface area contributed by atoms with Crippen molar-refractivity contribution < 1.29 is 0 Å². The summed E-state index contributed by atoms with van der Waals surface area (Å²) in [5.74, 6) is 1.25. The molecule has 2 nitrogen and oxygen atoms in total. The maximum atomic E-state index is 6.38. The van der Waals surface area contributed by atoms with E-state index in [2.05, 4.69) is 58.2 Å². The standard InChI is InChI=1S/C18H36N2S/c1-15(2)11-16(3,4)13-18(12-15,14-19)20-8-7-17(5,6)21-10-9-20/h7-14,19H2,1-6H3. The topological polar surface area (TPSA) is 29.3 Å². The molecule has 0 radical (unpaired) electrons. The molecule has 1 aliphatic carbocycles. The predicted molar refractivity (Wildman–Crippen MR) is 95.9 cm³/mol. The van der Waals surface area contributed by atoms with Crippen molar-refractivity contribution in [2.45, 2.75) is 77.5 Å². The fraction of sp³-hybridized carbons (Fsp3) is 1.00. The Hall–Kier alpha value is 0.270. The molecule has 0 aromatic rings. The van der Waals surface area contributed by atoms with Crippen molar-refractivity contribution >= 4 is 11.8 Å². The minimum Gasteiger partial charge on any atom is -0.329 e. The van der Waals surface area contributed by atoms with Gasteiger partial charge in [0.1, 0.15) is 0 Å². The summed E-state index contributed by atoms with van der Waals surface area (Å²) in [6.07, 6.45) is 5.10. The zero-order chi connectivity index (χ0) is 15.9. The van der Waals surface area contributed by atoms with Crippen LogP contribution in [0.5, 0.6) is 0 Å². The van der Waals surface area contributed by atoms with Gasteiger partial charge in [0.05, 0.1) is 0 Å². The summed E-state index contributed by atoms with van der Waals surface area (Å²) in [4.78, 5) is 2.76. The highest BCUT2D eigenvalue weighted by Gasteiger charge is 2.49. The van der Waals surface area contributed by atoms with Gasteiger partial charge in [-0.2, -0.15) is 11.8 Å². The first-order chi connectivity index (χ1) is 9.49. The van der Waals surface area contributed by atoms with Crippen LogP contribution in [0.15, 0.2) is 0 Å². The average Bonchev–Trinajstić information content (AvgIpc) is 2.46. The summed E-state index contributed by atoms with van der Waals surface area (Å²) >= 11 is 2.14. The van der Waals surface area contributed by atoms with Crippen LogP contribution in [0.4, 0.5) is 0 Å². The zero-order valence-electron chi connectivity index (χ0n) is 15.1. The van der Waals surface area contributed by atoms with Gasteiger partial charge in [-0.05, 0) is 36.5 Å². The van der Waals surface area contributed by atoms with Crippen molar-refractivity contribution in [1.82, 2.24) is 4.90 Å². The maximum Gasteiger partial charge on any atom is 0.0342 e. The Morgan fingerprint density at radius 2 is 1.48 bits per heavy atom. The molecule has 1 aliphatic heterocycles. The minimum atomic E-state index is 0.215. The molecule has 0 unspecified atom stereocenters. The normalized spacial score (nSPS) is 31.6. The SMILES string of the molecule is CC1(C)CC(C)(C)CC(CN)(N2CCSC(C)(C)CC2)C1. The second kappa shape index (κ2) is 5.72. The molecule has 0 atom stereocenters. The lowest BCUT2D eigenvalue weighted by molar-refractivity contribution is -0.0413. The second-order valence-electron chi connectivity index (χ2n) is 9.63. The summed E-state index contributed by atoms with van der Waals surface area (Å²) in [6, 6.07) is 0. The number of nitrogens with zero attached hydrogens (tertiary/aromatic N) is 1. The van der Waals surface area contributed by atoms with Gasteiger partial charge >= 0.3 is 0 Å². The Kier molecular flexibility index (Phi) is 4.80. The van der Waals surface area contributed by atoms with Crippen molar-refractivity contribution in [3.05, 3.63) is 0 Å². The molecule has 2 N–H and O–H groups in total. The van der Waals surface area contributed by atoms with Crippen molar-refractivity contribution in [1.29, 1.82) is 0 Å². The molecule has 1 heterocycles. The van der Waals surface area contributed by atoms with Crippen LogP contribution in [-0.2, 0) is 0 Å². The van der Waals surface area contributed by atoms with Gasteiger partial charge in [0.2, 0.25) is 0 Å². The van der Waals surface area contributed by atoms with E-state index in [1.165, 1.54) is 44.5 Å². The van der Waals surface area contributed by atoms with E-state index >= 15 is 0 Å². The third kappa shape index (κ3) is 4.17. The third-order valence-corrected chi connectivity index (χ3v) is 6.83. The number of thioether (sulfide) groups is 1. The van der Waals surface area contributed by atoms with Crippen LogP contribution < -0.4 is 5.73 Å². The molecule has 3 heteroatoms. The first-order valence-electron chi connectivity index (χ1n) is 8.59. The van der Waals surface area contributed by atoms with Crippen LogP contribution >= 0.6 is 11.8 Å². The van der Waals surface area contributed by atoms with Crippen molar-refractivity contribution in [3.8, 4) is 0 Å². The van der Waals surface area contributed by atoms with Gasteiger partial charge in [0, 0.05) is 35.7 Å². The molecular weight excluding hydrogens is 276 g/mol. The summed E-state index contributed by atoms with van der Waals surface area (Å²) in [7, 11) is 0. The molecule has 2 rings (SSSR count). The first-order valence-corrected chi connectivity index (χ1v) is 9.57. The Labute approximate surface area is 136 Å². The highest BCUT2D eigenvalue weighted by atomic mass is 32.2. The van der Waals surface area contributed by atoms with E-state index in [4.69, 9.17) is 5.73 Å². The molecule has 1 saturated carbocycles. The first kappa shape index (κ1) is 17.6. The molecule has 0 amide bonds. The van der Waals surface area contributed by atoms with E-state index in [1.54, 1.807) is 0 Å².